The molecule has 0 saturated carbocycles. The summed E-state index contributed by atoms with van der Waals surface area (Å²) < 4.78 is 24.8. The molecule has 0 amide bonds. The minimum absolute atomic E-state index is 0.314. The number of ether oxygens (including phenoxy) is 3. The molecule has 0 spiro atoms. The van der Waals surface area contributed by atoms with E-state index in [9.17, 15) is 4.79 Å². The normalized spacial score (nSPS) is 14.1. The zero-order valence-corrected chi connectivity index (χ0v) is 20.3. The Hall–Kier alpha value is -5.25. The van der Waals surface area contributed by atoms with Gasteiger partial charge in [-0.1, -0.05) is 18.2 Å². The highest BCUT2D eigenvalue weighted by atomic mass is 16.5. The van der Waals surface area contributed by atoms with Gasteiger partial charge < -0.3 is 18.6 Å². The van der Waals surface area contributed by atoms with Gasteiger partial charge in [-0.25, -0.2) is 19.3 Å². The van der Waals surface area contributed by atoms with Crippen LogP contribution in [0.25, 0.3) is 28.0 Å². The first-order valence-electron chi connectivity index (χ1n) is 11.8. The van der Waals surface area contributed by atoms with Crippen molar-refractivity contribution in [2.75, 3.05) is 14.2 Å². The number of pyridine rings is 1. The number of hydrogen-bond donors (Lipinski definition) is 0. The first-order valence-corrected chi connectivity index (χ1v) is 11.8. The van der Waals surface area contributed by atoms with E-state index in [1.807, 2.05) is 36.4 Å². The maximum Gasteiger partial charge on any atom is 0.344 e. The van der Waals surface area contributed by atoms with Crippen LogP contribution >= 0.6 is 0 Å². The number of nitrogens with zero attached hydrogens (tertiary/aromatic N) is 5. The molecule has 1 aliphatic rings. The van der Waals surface area contributed by atoms with E-state index < -0.39 is 11.5 Å². The summed E-state index contributed by atoms with van der Waals surface area (Å²) in [4.78, 5) is 27.2. The van der Waals surface area contributed by atoms with Crippen LogP contribution in [0.3, 0.4) is 0 Å². The Labute approximate surface area is 215 Å². The largest absolute Gasteiger partial charge is 0.497 e. The van der Waals surface area contributed by atoms with Gasteiger partial charge in [-0.3, -0.25) is 4.98 Å². The predicted octanol–water partition coefficient (Wildman–Crippen LogP) is 4.60. The first-order chi connectivity index (χ1) is 18.7. The second-order valence-corrected chi connectivity index (χ2v) is 8.68. The smallest absolute Gasteiger partial charge is 0.344 e. The monoisotopic (exact) mass is 505 g/mol. The fourth-order valence-corrected chi connectivity index (χ4v) is 4.91. The molecule has 0 aliphatic carbocycles. The molecule has 10 nitrogen and oxygen atoms in total. The van der Waals surface area contributed by atoms with Gasteiger partial charge in [0.25, 0.3) is 0 Å². The summed E-state index contributed by atoms with van der Waals surface area (Å²) in [6, 6.07) is 16.4. The molecule has 38 heavy (non-hydrogen) atoms. The van der Waals surface area contributed by atoms with Crippen LogP contribution in [0.2, 0.25) is 0 Å². The Morgan fingerprint density at radius 3 is 2.71 bits per heavy atom. The van der Waals surface area contributed by atoms with Crippen LogP contribution in [0.1, 0.15) is 22.6 Å². The van der Waals surface area contributed by atoms with Crippen LogP contribution in [-0.2, 0) is 0 Å². The third kappa shape index (κ3) is 3.23. The molecule has 1 unspecified atom stereocenters. The van der Waals surface area contributed by atoms with Gasteiger partial charge >= 0.3 is 5.63 Å². The molecule has 1 atom stereocenters. The van der Waals surface area contributed by atoms with Gasteiger partial charge in [-0.05, 0) is 30.3 Å². The lowest BCUT2D eigenvalue weighted by molar-refractivity contribution is 0.387. The van der Waals surface area contributed by atoms with E-state index in [2.05, 4.69) is 15.1 Å². The van der Waals surface area contributed by atoms with Crippen molar-refractivity contribution in [1.82, 2.24) is 24.6 Å². The summed E-state index contributed by atoms with van der Waals surface area (Å²) in [5, 5.41) is 5.27. The minimum Gasteiger partial charge on any atom is -0.497 e. The Balaban J connectivity index is 1.57. The number of aromatic nitrogens is 5. The van der Waals surface area contributed by atoms with Crippen molar-refractivity contribution in [2.24, 2.45) is 0 Å². The number of methoxy groups -OCH3 is 2. The number of benzene rings is 2. The quantitative estimate of drug-likeness (QED) is 0.317. The summed E-state index contributed by atoms with van der Waals surface area (Å²) in [6.07, 6.45) is 4.91. The molecule has 1 aliphatic heterocycles. The van der Waals surface area contributed by atoms with Gasteiger partial charge in [-0.15, -0.1) is 5.10 Å². The summed E-state index contributed by atoms with van der Waals surface area (Å²) in [6.45, 7) is 0. The van der Waals surface area contributed by atoms with Crippen LogP contribution in [0, 0.1) is 0 Å². The van der Waals surface area contributed by atoms with Crippen molar-refractivity contribution >= 4 is 16.6 Å². The molecule has 0 saturated heterocycles. The average Bonchev–Trinajstić information content (AvgIpc) is 3.41. The Bertz CT molecular complexity index is 1920. The molecule has 4 aromatic heterocycles. The topological polar surface area (TPSA) is 114 Å². The lowest BCUT2D eigenvalue weighted by atomic mass is 9.83. The molecule has 0 fully saturated rings. The fourth-order valence-electron chi connectivity index (χ4n) is 4.91. The van der Waals surface area contributed by atoms with E-state index in [-0.39, 0.29) is 0 Å². The molecule has 0 bridgehead atoms. The van der Waals surface area contributed by atoms with Gasteiger partial charge in [0.15, 0.2) is 17.2 Å². The summed E-state index contributed by atoms with van der Waals surface area (Å²) in [5.41, 5.74) is 2.70. The molecule has 2 aromatic carbocycles. The SMILES string of the molecule is COc1ccc(C2c3c(c4ccccc4oc3=O)Oc3ncn4nc(-c5cccnc5)nc4c32)c(OC)c1. The fraction of sp³-hybridized carbons (Fsp3) is 0.107. The Morgan fingerprint density at radius 1 is 1.00 bits per heavy atom. The molecular weight excluding hydrogens is 486 g/mol. The summed E-state index contributed by atoms with van der Waals surface area (Å²) >= 11 is 0. The van der Waals surface area contributed by atoms with Crippen molar-refractivity contribution in [2.45, 2.75) is 5.92 Å². The van der Waals surface area contributed by atoms with Crippen molar-refractivity contribution in [3.05, 3.63) is 100 Å². The van der Waals surface area contributed by atoms with E-state index in [1.54, 1.807) is 55.7 Å². The molecular formula is C28H19N5O5. The van der Waals surface area contributed by atoms with Gasteiger partial charge in [0.05, 0.1) is 36.7 Å². The van der Waals surface area contributed by atoms with E-state index in [1.165, 1.54) is 0 Å². The van der Waals surface area contributed by atoms with Gasteiger partial charge in [0, 0.05) is 29.6 Å². The van der Waals surface area contributed by atoms with Gasteiger partial charge in [0.1, 0.15) is 23.4 Å². The third-order valence-electron chi connectivity index (χ3n) is 6.63. The maximum atomic E-state index is 13.6. The van der Waals surface area contributed by atoms with Crippen molar-refractivity contribution < 1.29 is 18.6 Å². The van der Waals surface area contributed by atoms with E-state index in [0.717, 1.165) is 5.56 Å². The molecule has 0 N–H and O–H groups in total. The molecule has 0 radical (unpaired) electrons. The number of para-hydroxylation sites is 1. The highest BCUT2D eigenvalue weighted by Gasteiger charge is 2.39. The van der Waals surface area contributed by atoms with E-state index in [0.29, 0.717) is 62.3 Å². The van der Waals surface area contributed by atoms with Crippen molar-refractivity contribution in [3.8, 4) is 34.5 Å². The highest BCUT2D eigenvalue weighted by Crippen LogP contribution is 2.50. The molecule has 5 heterocycles. The van der Waals surface area contributed by atoms with Crippen LogP contribution in [0.15, 0.2) is 82.5 Å². The second-order valence-electron chi connectivity index (χ2n) is 8.68. The Morgan fingerprint density at radius 2 is 1.89 bits per heavy atom. The van der Waals surface area contributed by atoms with Gasteiger partial charge in [-0.2, -0.15) is 0 Å². The van der Waals surface area contributed by atoms with Crippen LogP contribution in [0.5, 0.6) is 23.1 Å². The Kier molecular flexibility index (Phi) is 4.87. The van der Waals surface area contributed by atoms with E-state index >= 15 is 0 Å². The van der Waals surface area contributed by atoms with E-state index in [4.69, 9.17) is 23.6 Å². The summed E-state index contributed by atoms with van der Waals surface area (Å²) in [5.74, 6) is 1.61. The number of hydrogen-bond acceptors (Lipinski definition) is 9. The molecule has 7 rings (SSSR count). The lowest BCUT2D eigenvalue weighted by Crippen LogP contribution is -2.22. The van der Waals surface area contributed by atoms with Crippen LogP contribution in [-0.4, -0.2) is 38.8 Å². The first kappa shape index (κ1) is 22.0. The van der Waals surface area contributed by atoms with Crippen LogP contribution < -0.4 is 19.8 Å². The average molecular weight is 505 g/mol. The maximum absolute atomic E-state index is 13.6. The number of rotatable bonds is 4. The molecule has 10 heteroatoms. The lowest BCUT2D eigenvalue weighted by Gasteiger charge is -2.28. The highest BCUT2D eigenvalue weighted by molar-refractivity contribution is 5.87. The van der Waals surface area contributed by atoms with Crippen molar-refractivity contribution in [3.63, 3.8) is 0 Å². The number of fused-ring (bicyclic) bond motifs is 6. The molecule has 186 valence electrons. The van der Waals surface area contributed by atoms with Gasteiger partial charge in [0.2, 0.25) is 5.88 Å². The minimum atomic E-state index is -0.683. The second kappa shape index (κ2) is 8.41. The van der Waals surface area contributed by atoms with Crippen molar-refractivity contribution in [1.29, 1.82) is 0 Å². The standard InChI is InChI=1S/C28H19N5O5/c1-35-16-9-10-17(20(12-16)36-2)21-22-24(18-7-3-4-8-19(18)37-28(22)34)38-27-23(21)26-31-25(32-33(26)14-30-27)15-6-5-11-29-13-15/h3-14,21H,1-2H3. The predicted molar refractivity (Wildman–Crippen MR) is 137 cm³/mol. The summed E-state index contributed by atoms with van der Waals surface area (Å²) in [7, 11) is 3.15. The zero-order valence-electron chi connectivity index (χ0n) is 20.3. The van der Waals surface area contributed by atoms with Crippen LogP contribution in [0.4, 0.5) is 0 Å². The third-order valence-corrected chi connectivity index (χ3v) is 6.63. The zero-order chi connectivity index (χ0) is 25.8. The molecule has 6 aromatic rings.